The number of hydrogen-bond donors (Lipinski definition) is 1. The molecule has 0 unspecified atom stereocenters. The van der Waals surface area contributed by atoms with Crippen molar-refractivity contribution >= 4 is 28.8 Å². The summed E-state index contributed by atoms with van der Waals surface area (Å²) < 4.78 is 5.23. The average molecular weight is 417 g/mol. The van der Waals surface area contributed by atoms with Gasteiger partial charge in [-0.25, -0.2) is 0 Å². The zero-order valence-corrected chi connectivity index (χ0v) is 16.9. The van der Waals surface area contributed by atoms with Gasteiger partial charge in [0.25, 0.3) is 0 Å². The summed E-state index contributed by atoms with van der Waals surface area (Å²) in [5.74, 6) is 1.07. The molecule has 1 amide bonds. The van der Waals surface area contributed by atoms with Crippen molar-refractivity contribution < 1.29 is 9.32 Å². The number of hydrogen-bond acceptors (Lipinski definition) is 6. The van der Waals surface area contributed by atoms with E-state index in [-0.39, 0.29) is 18.4 Å². The van der Waals surface area contributed by atoms with Crippen molar-refractivity contribution in [3.05, 3.63) is 58.3 Å². The predicted octanol–water partition coefficient (Wildman–Crippen LogP) is 3.98. The van der Waals surface area contributed by atoms with Gasteiger partial charge < -0.3 is 9.84 Å². The molecule has 1 fully saturated rings. The van der Waals surface area contributed by atoms with Crippen molar-refractivity contribution in [3.8, 4) is 10.7 Å². The first-order valence-corrected chi connectivity index (χ1v) is 10.5. The molecular formula is C20H21ClN4O2S. The van der Waals surface area contributed by atoms with Crippen LogP contribution in [-0.2, 0) is 17.9 Å². The van der Waals surface area contributed by atoms with Crippen LogP contribution in [-0.4, -0.2) is 34.0 Å². The maximum Gasteiger partial charge on any atom is 0.246 e. The molecule has 6 nitrogen and oxygen atoms in total. The molecule has 0 atom stereocenters. The van der Waals surface area contributed by atoms with Gasteiger partial charge in [-0.2, -0.15) is 4.98 Å². The molecule has 1 N–H and O–H groups in total. The second kappa shape index (κ2) is 8.86. The van der Waals surface area contributed by atoms with Crippen LogP contribution in [0.2, 0.25) is 5.02 Å². The summed E-state index contributed by atoms with van der Waals surface area (Å²) in [4.78, 5) is 20.1. The summed E-state index contributed by atoms with van der Waals surface area (Å²) in [7, 11) is 0. The highest BCUT2D eigenvalue weighted by Crippen LogP contribution is 2.22. The minimum absolute atomic E-state index is 0.0234. The molecule has 3 heterocycles. The number of carbonyl (C=O) groups excluding carboxylic acids is 1. The number of benzene rings is 1. The van der Waals surface area contributed by atoms with Crippen LogP contribution in [0.1, 0.15) is 24.3 Å². The van der Waals surface area contributed by atoms with Gasteiger partial charge in [0.05, 0.1) is 11.4 Å². The van der Waals surface area contributed by atoms with Crippen molar-refractivity contribution in [1.29, 1.82) is 0 Å². The van der Waals surface area contributed by atoms with E-state index >= 15 is 0 Å². The number of thiophene rings is 1. The summed E-state index contributed by atoms with van der Waals surface area (Å²) in [5.41, 5.74) is 1.20. The number of amides is 1. The summed E-state index contributed by atoms with van der Waals surface area (Å²) in [6, 6.07) is 11.8. The lowest BCUT2D eigenvalue weighted by Gasteiger charge is -2.31. The fourth-order valence-corrected chi connectivity index (χ4v) is 4.25. The molecule has 28 heavy (non-hydrogen) atoms. The lowest BCUT2D eigenvalue weighted by Crippen LogP contribution is -2.40. The molecule has 1 saturated heterocycles. The summed E-state index contributed by atoms with van der Waals surface area (Å²) in [6.07, 6.45) is 1.69. The van der Waals surface area contributed by atoms with E-state index in [9.17, 15) is 4.79 Å². The van der Waals surface area contributed by atoms with E-state index in [1.165, 1.54) is 5.56 Å². The van der Waals surface area contributed by atoms with Crippen LogP contribution in [0.5, 0.6) is 0 Å². The van der Waals surface area contributed by atoms with Crippen molar-refractivity contribution in [3.63, 3.8) is 0 Å². The van der Waals surface area contributed by atoms with Crippen LogP contribution in [0.25, 0.3) is 10.7 Å². The fraction of sp³-hybridized carbons (Fsp3) is 0.350. The van der Waals surface area contributed by atoms with Crippen LogP contribution in [0.15, 0.2) is 46.3 Å². The summed E-state index contributed by atoms with van der Waals surface area (Å²) >= 11 is 7.61. The molecule has 4 rings (SSSR count). The number of nitrogens with one attached hydrogen (secondary N) is 1. The van der Waals surface area contributed by atoms with Crippen molar-refractivity contribution in [1.82, 2.24) is 20.4 Å². The van der Waals surface area contributed by atoms with Crippen molar-refractivity contribution in [2.24, 2.45) is 5.92 Å². The molecule has 0 saturated carbocycles. The molecule has 0 aliphatic carbocycles. The second-order valence-corrected chi connectivity index (χ2v) is 8.27. The standard InChI is InChI=1S/C20H21ClN4O2S/c21-16-4-1-3-14(11-16)13-25-8-6-15(7-9-25)20(26)22-12-18-23-19(24-27-18)17-5-2-10-28-17/h1-5,10-11,15H,6-9,12-13H2,(H,22,26). The van der Waals surface area contributed by atoms with E-state index in [0.29, 0.717) is 11.7 Å². The molecule has 1 aromatic carbocycles. The lowest BCUT2D eigenvalue weighted by atomic mass is 9.95. The van der Waals surface area contributed by atoms with Gasteiger partial charge in [-0.15, -0.1) is 11.3 Å². The highest BCUT2D eigenvalue weighted by molar-refractivity contribution is 7.13. The highest BCUT2D eigenvalue weighted by Gasteiger charge is 2.25. The molecule has 0 spiro atoms. The minimum atomic E-state index is 0.0234. The number of carbonyl (C=O) groups is 1. The van der Waals surface area contributed by atoms with Gasteiger partial charge in [-0.1, -0.05) is 35.0 Å². The molecule has 1 aliphatic rings. The van der Waals surface area contributed by atoms with Crippen LogP contribution < -0.4 is 5.32 Å². The Balaban J connectivity index is 1.23. The average Bonchev–Trinajstić information content (AvgIpc) is 3.38. The van der Waals surface area contributed by atoms with Gasteiger partial charge >= 0.3 is 0 Å². The first-order valence-electron chi connectivity index (χ1n) is 9.28. The molecule has 0 radical (unpaired) electrons. The zero-order chi connectivity index (χ0) is 19.3. The Kier molecular flexibility index (Phi) is 6.04. The lowest BCUT2D eigenvalue weighted by molar-refractivity contribution is -0.126. The first-order chi connectivity index (χ1) is 13.7. The Labute approximate surface area is 172 Å². The smallest absolute Gasteiger partial charge is 0.246 e. The van der Waals surface area contributed by atoms with Crippen LogP contribution >= 0.6 is 22.9 Å². The highest BCUT2D eigenvalue weighted by atomic mass is 35.5. The van der Waals surface area contributed by atoms with Crippen LogP contribution in [0.4, 0.5) is 0 Å². The van der Waals surface area contributed by atoms with Crippen LogP contribution in [0, 0.1) is 5.92 Å². The topological polar surface area (TPSA) is 71.3 Å². The SMILES string of the molecule is O=C(NCc1nc(-c2cccs2)no1)C1CCN(Cc2cccc(Cl)c2)CC1. The Bertz CT molecular complexity index is 920. The van der Waals surface area contributed by atoms with Crippen molar-refractivity contribution in [2.75, 3.05) is 13.1 Å². The first kappa shape index (κ1) is 19.1. The number of likely N-dealkylation sites (tertiary alicyclic amines) is 1. The van der Waals surface area contributed by atoms with E-state index in [0.717, 1.165) is 42.4 Å². The van der Waals surface area contributed by atoms with E-state index in [4.69, 9.17) is 16.1 Å². The van der Waals surface area contributed by atoms with Gasteiger partial charge in [-0.05, 0) is 55.1 Å². The number of rotatable bonds is 6. The van der Waals surface area contributed by atoms with Crippen LogP contribution in [0.3, 0.4) is 0 Å². The summed E-state index contributed by atoms with van der Waals surface area (Å²) in [6.45, 7) is 2.92. The molecular weight excluding hydrogens is 396 g/mol. The molecule has 0 bridgehead atoms. The normalized spacial score (nSPS) is 15.6. The van der Waals surface area contributed by atoms with Gasteiger partial charge in [-0.3, -0.25) is 9.69 Å². The monoisotopic (exact) mass is 416 g/mol. The largest absolute Gasteiger partial charge is 0.347 e. The maximum absolute atomic E-state index is 12.5. The third-order valence-corrected chi connectivity index (χ3v) is 5.98. The van der Waals surface area contributed by atoms with E-state index in [1.807, 2.05) is 35.7 Å². The third kappa shape index (κ3) is 4.79. The second-order valence-electron chi connectivity index (χ2n) is 6.89. The number of piperidine rings is 1. The van der Waals surface area contributed by atoms with E-state index in [2.05, 4.69) is 26.4 Å². The molecule has 1 aliphatic heterocycles. The van der Waals surface area contributed by atoms with Gasteiger partial charge in [0.1, 0.15) is 0 Å². The number of halogens is 1. The number of aromatic nitrogens is 2. The van der Waals surface area contributed by atoms with Crippen molar-refractivity contribution in [2.45, 2.75) is 25.9 Å². The molecule has 3 aromatic rings. The maximum atomic E-state index is 12.5. The van der Waals surface area contributed by atoms with E-state index in [1.54, 1.807) is 11.3 Å². The van der Waals surface area contributed by atoms with Gasteiger partial charge in [0.15, 0.2) is 0 Å². The Morgan fingerprint density at radius 1 is 1.29 bits per heavy atom. The summed E-state index contributed by atoms with van der Waals surface area (Å²) in [5, 5.41) is 9.62. The predicted molar refractivity (Wildman–Crippen MR) is 109 cm³/mol. The molecule has 146 valence electrons. The third-order valence-electron chi connectivity index (χ3n) is 4.88. The minimum Gasteiger partial charge on any atom is -0.347 e. The fourth-order valence-electron chi connectivity index (χ4n) is 3.39. The van der Waals surface area contributed by atoms with Gasteiger partial charge in [0, 0.05) is 17.5 Å². The zero-order valence-electron chi connectivity index (χ0n) is 15.3. The Hall–Kier alpha value is -2.22. The Morgan fingerprint density at radius 2 is 2.14 bits per heavy atom. The van der Waals surface area contributed by atoms with Gasteiger partial charge in [0.2, 0.25) is 17.6 Å². The van der Waals surface area contributed by atoms with E-state index < -0.39 is 0 Å². The quantitative estimate of drug-likeness (QED) is 0.658. The Morgan fingerprint density at radius 3 is 2.89 bits per heavy atom. The molecule has 8 heteroatoms. The molecule has 2 aromatic heterocycles. The number of nitrogens with zero attached hydrogens (tertiary/aromatic N) is 3.